The molecule has 2 unspecified atom stereocenters. The molecule has 0 radical (unpaired) electrons. The molecule has 4 rings (SSSR count). The van der Waals surface area contributed by atoms with E-state index in [9.17, 15) is 9.65 Å². The van der Waals surface area contributed by atoms with Crippen LogP contribution in [0.5, 0.6) is 0 Å². The molecule has 2 heterocycles. The molecular formula is C18H18FN3O. The number of benzene rings is 1. The Morgan fingerprint density at radius 3 is 2.57 bits per heavy atom. The van der Waals surface area contributed by atoms with Crippen LogP contribution in [0.4, 0.5) is 10.3 Å². The third-order valence-electron chi connectivity index (χ3n) is 4.78. The molecule has 5 heteroatoms. The minimum Gasteiger partial charge on any atom is -0.423 e. The Labute approximate surface area is 134 Å². The molecule has 0 bridgehead atoms. The summed E-state index contributed by atoms with van der Waals surface area (Å²) >= 11 is 0. The van der Waals surface area contributed by atoms with Crippen LogP contribution in [-0.2, 0) is 0 Å². The van der Waals surface area contributed by atoms with E-state index in [0.717, 1.165) is 37.9 Å². The lowest BCUT2D eigenvalue weighted by atomic mass is 10.1. The third-order valence-corrected chi connectivity index (χ3v) is 4.78. The second-order valence-corrected chi connectivity index (χ2v) is 6.37. The van der Waals surface area contributed by atoms with E-state index in [1.54, 1.807) is 0 Å². The average Bonchev–Trinajstić information content (AvgIpc) is 3.27. The highest BCUT2D eigenvalue weighted by Gasteiger charge is 2.44. The van der Waals surface area contributed by atoms with Crippen molar-refractivity contribution in [2.75, 3.05) is 18.0 Å². The largest absolute Gasteiger partial charge is 0.423 e. The molecule has 1 saturated carbocycles. The number of halogens is 1. The Morgan fingerprint density at radius 2 is 1.87 bits per heavy atom. The number of nitrogens with zero attached hydrogens (tertiary/aromatic N) is 3. The molecular weight excluding hydrogens is 293 g/mol. The monoisotopic (exact) mass is 311 g/mol. The van der Waals surface area contributed by atoms with Crippen molar-refractivity contribution in [3.05, 3.63) is 47.2 Å². The van der Waals surface area contributed by atoms with E-state index in [0.29, 0.717) is 23.4 Å². The van der Waals surface area contributed by atoms with Gasteiger partial charge in [0.1, 0.15) is 11.9 Å². The van der Waals surface area contributed by atoms with Gasteiger partial charge in [-0.2, -0.15) is 5.26 Å². The quantitative estimate of drug-likeness (QED) is 0.861. The van der Waals surface area contributed by atoms with Gasteiger partial charge >= 0.3 is 0 Å². The van der Waals surface area contributed by atoms with Gasteiger partial charge in [-0.05, 0) is 49.3 Å². The minimum atomic E-state index is -0.221. The van der Waals surface area contributed by atoms with Gasteiger partial charge in [0.2, 0.25) is 17.5 Å². The first-order valence-electron chi connectivity index (χ1n) is 8.17. The fourth-order valence-electron chi connectivity index (χ4n) is 3.42. The van der Waals surface area contributed by atoms with Crippen molar-refractivity contribution in [2.24, 2.45) is 0 Å². The van der Waals surface area contributed by atoms with Gasteiger partial charge in [0.15, 0.2) is 0 Å². The second kappa shape index (κ2) is 5.69. The van der Waals surface area contributed by atoms with E-state index in [1.165, 1.54) is 18.6 Å². The molecule has 1 aliphatic carbocycles. The summed E-state index contributed by atoms with van der Waals surface area (Å²) in [5.41, 5.74) is 1.50. The van der Waals surface area contributed by atoms with E-state index in [2.05, 4.69) is 16.0 Å². The number of hydrogen-bond donors (Lipinski definition) is 0. The van der Waals surface area contributed by atoms with Crippen molar-refractivity contribution in [3.8, 4) is 6.07 Å². The normalized spacial score (nSPS) is 23.6. The van der Waals surface area contributed by atoms with Crippen molar-refractivity contribution in [3.63, 3.8) is 0 Å². The van der Waals surface area contributed by atoms with E-state index in [1.807, 2.05) is 12.1 Å². The van der Waals surface area contributed by atoms with Gasteiger partial charge < -0.3 is 9.32 Å². The van der Waals surface area contributed by atoms with Crippen molar-refractivity contribution in [1.29, 1.82) is 5.26 Å². The maximum Gasteiger partial charge on any atom is 0.234 e. The Hall–Kier alpha value is -2.35. The van der Waals surface area contributed by atoms with Crippen LogP contribution in [0.2, 0.25) is 0 Å². The van der Waals surface area contributed by atoms with Gasteiger partial charge in [-0.15, -0.1) is 0 Å². The Bertz CT molecular complexity index is 741. The van der Waals surface area contributed by atoms with Gasteiger partial charge in [-0.3, -0.25) is 0 Å². The van der Waals surface area contributed by atoms with Crippen molar-refractivity contribution in [2.45, 2.75) is 37.5 Å². The molecule has 2 aromatic rings. The third kappa shape index (κ3) is 2.70. The Morgan fingerprint density at radius 1 is 1.13 bits per heavy atom. The van der Waals surface area contributed by atoms with E-state index in [4.69, 9.17) is 4.42 Å². The SMILES string of the molecule is N#Cc1nc(C2CC2c2ccc(F)cc2)oc1N1CCCCC1. The molecule has 0 spiro atoms. The standard InChI is InChI=1S/C18H18FN3O/c19-13-6-4-12(5-7-13)14-10-15(14)17-21-16(11-20)18(23-17)22-8-2-1-3-9-22/h4-7,14-15H,1-3,8-10H2. The van der Waals surface area contributed by atoms with Gasteiger partial charge in [0.05, 0.1) is 0 Å². The molecule has 118 valence electrons. The Kier molecular flexibility index (Phi) is 3.53. The fraction of sp³-hybridized carbons (Fsp3) is 0.444. The molecule has 1 aromatic heterocycles. The van der Waals surface area contributed by atoms with Gasteiger partial charge in [0.25, 0.3) is 0 Å². The smallest absolute Gasteiger partial charge is 0.234 e. The van der Waals surface area contributed by atoms with E-state index < -0.39 is 0 Å². The molecule has 1 aromatic carbocycles. The van der Waals surface area contributed by atoms with Crippen molar-refractivity contribution < 1.29 is 8.81 Å². The molecule has 4 nitrogen and oxygen atoms in total. The highest BCUT2D eigenvalue weighted by Crippen LogP contribution is 2.55. The average molecular weight is 311 g/mol. The molecule has 2 fully saturated rings. The maximum atomic E-state index is 13.0. The molecule has 1 aliphatic heterocycles. The number of aromatic nitrogens is 1. The number of piperidine rings is 1. The first-order valence-corrected chi connectivity index (χ1v) is 8.17. The number of nitriles is 1. The van der Waals surface area contributed by atoms with Gasteiger partial charge in [-0.25, -0.2) is 9.37 Å². The number of hydrogen-bond acceptors (Lipinski definition) is 4. The summed E-state index contributed by atoms with van der Waals surface area (Å²) in [4.78, 5) is 6.55. The van der Waals surface area contributed by atoms with Crippen LogP contribution in [0.1, 0.15) is 54.7 Å². The molecule has 1 saturated heterocycles. The zero-order chi connectivity index (χ0) is 15.8. The predicted molar refractivity (Wildman–Crippen MR) is 83.8 cm³/mol. The van der Waals surface area contributed by atoms with Crippen LogP contribution < -0.4 is 4.90 Å². The highest BCUT2D eigenvalue weighted by atomic mass is 19.1. The van der Waals surface area contributed by atoms with Crippen molar-refractivity contribution >= 4 is 5.88 Å². The summed E-state index contributed by atoms with van der Waals surface area (Å²) < 4.78 is 19.0. The number of anilines is 1. The van der Waals surface area contributed by atoms with Crippen LogP contribution in [-0.4, -0.2) is 18.1 Å². The lowest BCUT2D eigenvalue weighted by Crippen LogP contribution is -2.29. The molecule has 0 amide bonds. The lowest BCUT2D eigenvalue weighted by molar-refractivity contribution is 0.463. The first kappa shape index (κ1) is 14.3. The summed E-state index contributed by atoms with van der Waals surface area (Å²) in [7, 11) is 0. The van der Waals surface area contributed by atoms with Crippen LogP contribution in [0.3, 0.4) is 0 Å². The predicted octanol–water partition coefficient (Wildman–Crippen LogP) is 3.95. The molecule has 2 atom stereocenters. The topological polar surface area (TPSA) is 53.1 Å². The molecule has 2 aliphatic rings. The zero-order valence-electron chi connectivity index (χ0n) is 12.8. The summed E-state index contributed by atoms with van der Waals surface area (Å²) in [5.74, 6) is 1.57. The van der Waals surface area contributed by atoms with E-state index in [-0.39, 0.29) is 11.7 Å². The number of oxazole rings is 1. The summed E-state index contributed by atoms with van der Waals surface area (Å²) in [5, 5.41) is 9.34. The van der Waals surface area contributed by atoms with Gasteiger partial charge in [0, 0.05) is 19.0 Å². The van der Waals surface area contributed by atoms with Crippen molar-refractivity contribution in [1.82, 2.24) is 4.98 Å². The lowest BCUT2D eigenvalue weighted by Gasteiger charge is -2.25. The number of rotatable bonds is 3. The fourth-order valence-corrected chi connectivity index (χ4v) is 3.42. The van der Waals surface area contributed by atoms with Crippen LogP contribution in [0.25, 0.3) is 0 Å². The molecule has 23 heavy (non-hydrogen) atoms. The van der Waals surface area contributed by atoms with Crippen LogP contribution >= 0.6 is 0 Å². The minimum absolute atomic E-state index is 0.200. The molecule has 0 N–H and O–H groups in total. The summed E-state index contributed by atoms with van der Waals surface area (Å²) in [6, 6.07) is 8.77. The van der Waals surface area contributed by atoms with E-state index >= 15 is 0 Å². The summed E-state index contributed by atoms with van der Waals surface area (Å²) in [6.45, 7) is 1.85. The first-order chi connectivity index (χ1) is 11.3. The van der Waals surface area contributed by atoms with Gasteiger partial charge in [-0.1, -0.05) is 12.1 Å². The van der Waals surface area contributed by atoms with Crippen LogP contribution in [0.15, 0.2) is 28.7 Å². The highest BCUT2D eigenvalue weighted by molar-refractivity contribution is 5.49. The second-order valence-electron chi connectivity index (χ2n) is 6.37. The Balaban J connectivity index is 1.55. The van der Waals surface area contributed by atoms with Crippen LogP contribution in [0, 0.1) is 17.1 Å². The summed E-state index contributed by atoms with van der Waals surface area (Å²) in [6.07, 6.45) is 4.43. The maximum absolute atomic E-state index is 13.0. The zero-order valence-corrected chi connectivity index (χ0v) is 12.8.